The van der Waals surface area contributed by atoms with E-state index in [9.17, 15) is 13.2 Å². The second-order valence-electron chi connectivity index (χ2n) is 5.13. The molecule has 0 saturated carbocycles. The van der Waals surface area contributed by atoms with E-state index >= 15 is 0 Å². The van der Waals surface area contributed by atoms with Gasteiger partial charge in [0.05, 0.1) is 17.2 Å². The molecule has 1 N–H and O–H groups in total. The van der Waals surface area contributed by atoms with Crippen LogP contribution in [0.25, 0.3) is 0 Å². The molecule has 7 heteroatoms. The Labute approximate surface area is 134 Å². The Bertz CT molecular complexity index is 534. The summed E-state index contributed by atoms with van der Waals surface area (Å²) < 4.78 is 39.1. The highest BCUT2D eigenvalue weighted by Crippen LogP contribution is 2.35. The number of rotatable bonds is 3. The maximum atomic E-state index is 13.0. The van der Waals surface area contributed by atoms with Gasteiger partial charge in [0.25, 0.3) is 0 Å². The summed E-state index contributed by atoms with van der Waals surface area (Å²) in [4.78, 5) is 1.97. The van der Waals surface area contributed by atoms with Crippen LogP contribution >= 0.6 is 12.4 Å². The molecule has 1 aromatic rings. The summed E-state index contributed by atoms with van der Waals surface area (Å²) in [6.07, 6.45) is -2.53. The second kappa shape index (κ2) is 7.70. The largest absolute Gasteiger partial charge is 0.417 e. The van der Waals surface area contributed by atoms with Crippen LogP contribution in [0.4, 0.5) is 18.9 Å². The van der Waals surface area contributed by atoms with E-state index in [1.165, 1.54) is 6.07 Å². The van der Waals surface area contributed by atoms with Crippen molar-refractivity contribution in [2.24, 2.45) is 0 Å². The van der Waals surface area contributed by atoms with Gasteiger partial charge in [-0.1, -0.05) is 0 Å². The van der Waals surface area contributed by atoms with Crippen molar-refractivity contribution in [3.05, 3.63) is 29.3 Å². The van der Waals surface area contributed by atoms with Gasteiger partial charge in [-0.25, -0.2) is 0 Å². The van der Waals surface area contributed by atoms with Crippen molar-refractivity contribution in [1.82, 2.24) is 5.32 Å². The van der Waals surface area contributed by atoms with Crippen LogP contribution in [0.15, 0.2) is 18.2 Å². The Balaban J connectivity index is 0.00000242. The molecule has 0 aromatic heterocycles. The van der Waals surface area contributed by atoms with E-state index in [0.717, 1.165) is 32.0 Å². The molecule has 1 unspecified atom stereocenters. The average Bonchev–Trinajstić information content (AvgIpc) is 2.48. The highest BCUT2D eigenvalue weighted by atomic mass is 35.5. The Morgan fingerprint density at radius 3 is 2.64 bits per heavy atom. The average molecular weight is 334 g/mol. The molecule has 1 fully saturated rings. The van der Waals surface area contributed by atoms with E-state index in [4.69, 9.17) is 5.26 Å². The molecule has 1 aliphatic heterocycles. The third-order valence-electron chi connectivity index (χ3n) is 3.81. The zero-order chi connectivity index (χ0) is 15.5. The number of nitrogens with one attached hydrogen (secondary N) is 1. The molecule has 0 aliphatic carbocycles. The Hall–Kier alpha value is -1.45. The number of likely N-dealkylation sites (N-methyl/N-ethyl adjacent to an activating group) is 1. The molecule has 1 aliphatic rings. The van der Waals surface area contributed by atoms with Gasteiger partial charge in [-0.05, 0) is 44.5 Å². The van der Waals surface area contributed by atoms with E-state index in [-0.39, 0.29) is 24.0 Å². The Morgan fingerprint density at radius 2 is 2.14 bits per heavy atom. The molecule has 1 atom stereocenters. The van der Waals surface area contributed by atoms with Gasteiger partial charge in [-0.3, -0.25) is 0 Å². The molecule has 0 bridgehead atoms. The van der Waals surface area contributed by atoms with Crippen molar-refractivity contribution in [3.63, 3.8) is 0 Å². The predicted molar refractivity (Wildman–Crippen MR) is 82.3 cm³/mol. The summed E-state index contributed by atoms with van der Waals surface area (Å²) in [5, 5.41) is 12.1. The topological polar surface area (TPSA) is 39.1 Å². The highest BCUT2D eigenvalue weighted by molar-refractivity contribution is 5.85. The molecule has 0 spiro atoms. The standard InChI is InChI=1S/C15H18F3N3.ClH/c1-2-21(13-4-3-7-20-10-13)12-6-5-11(9-19)14(8-12)15(16,17)18;/h5-6,8,13,20H,2-4,7,10H2,1H3;1H. The summed E-state index contributed by atoms with van der Waals surface area (Å²) in [5.41, 5.74) is -0.661. The van der Waals surface area contributed by atoms with Crippen molar-refractivity contribution in [2.75, 3.05) is 24.5 Å². The molecule has 0 radical (unpaired) electrons. The minimum Gasteiger partial charge on any atom is -0.368 e. The number of nitriles is 1. The molecule has 0 amide bonds. The van der Waals surface area contributed by atoms with Crippen molar-refractivity contribution in [2.45, 2.75) is 32.0 Å². The van der Waals surface area contributed by atoms with Crippen LogP contribution in [0.3, 0.4) is 0 Å². The zero-order valence-corrected chi connectivity index (χ0v) is 13.1. The quantitative estimate of drug-likeness (QED) is 0.919. The van der Waals surface area contributed by atoms with Crippen molar-refractivity contribution in [1.29, 1.82) is 5.26 Å². The van der Waals surface area contributed by atoms with Gasteiger partial charge in [-0.15, -0.1) is 12.4 Å². The van der Waals surface area contributed by atoms with Crippen molar-refractivity contribution >= 4 is 18.1 Å². The van der Waals surface area contributed by atoms with Gasteiger partial charge < -0.3 is 10.2 Å². The number of halogens is 4. The first-order valence-corrected chi connectivity index (χ1v) is 7.06. The minimum absolute atomic E-state index is 0. The van der Waals surface area contributed by atoms with Crippen LogP contribution < -0.4 is 10.2 Å². The molecule has 22 heavy (non-hydrogen) atoms. The third kappa shape index (κ3) is 4.05. The fourth-order valence-corrected chi connectivity index (χ4v) is 2.79. The van der Waals surface area contributed by atoms with Crippen LogP contribution in [0.2, 0.25) is 0 Å². The Morgan fingerprint density at radius 1 is 1.41 bits per heavy atom. The van der Waals surface area contributed by atoms with E-state index in [1.54, 1.807) is 12.1 Å². The molecule has 3 nitrogen and oxygen atoms in total. The van der Waals surface area contributed by atoms with Crippen LogP contribution in [-0.4, -0.2) is 25.7 Å². The fourth-order valence-electron chi connectivity index (χ4n) is 2.79. The monoisotopic (exact) mass is 333 g/mol. The molecular weight excluding hydrogens is 315 g/mol. The smallest absolute Gasteiger partial charge is 0.368 e. The van der Waals surface area contributed by atoms with Gasteiger partial charge in [0.15, 0.2) is 0 Å². The number of hydrogen-bond donors (Lipinski definition) is 1. The molecule has 2 rings (SSSR count). The molecule has 122 valence electrons. The normalized spacial score (nSPS) is 18.2. The first-order valence-electron chi connectivity index (χ1n) is 7.06. The fraction of sp³-hybridized carbons (Fsp3) is 0.533. The van der Waals surface area contributed by atoms with E-state index < -0.39 is 11.7 Å². The van der Waals surface area contributed by atoms with Gasteiger partial charge in [0.2, 0.25) is 0 Å². The summed E-state index contributed by atoms with van der Waals surface area (Å²) in [5.74, 6) is 0. The van der Waals surface area contributed by atoms with Crippen LogP contribution in [0, 0.1) is 11.3 Å². The van der Waals surface area contributed by atoms with Gasteiger partial charge in [0, 0.05) is 24.8 Å². The highest BCUT2D eigenvalue weighted by Gasteiger charge is 2.34. The summed E-state index contributed by atoms with van der Waals surface area (Å²) in [7, 11) is 0. The van der Waals surface area contributed by atoms with Gasteiger partial charge in [-0.2, -0.15) is 18.4 Å². The lowest BCUT2D eigenvalue weighted by Gasteiger charge is -2.36. The number of nitrogens with zero attached hydrogens (tertiary/aromatic N) is 2. The van der Waals surface area contributed by atoms with Gasteiger partial charge in [0.1, 0.15) is 0 Å². The van der Waals surface area contributed by atoms with Crippen LogP contribution in [0.1, 0.15) is 30.9 Å². The number of anilines is 1. The number of benzene rings is 1. The predicted octanol–water partition coefficient (Wildman–Crippen LogP) is 3.58. The van der Waals surface area contributed by atoms with Gasteiger partial charge >= 0.3 is 6.18 Å². The van der Waals surface area contributed by atoms with E-state index in [1.807, 2.05) is 11.8 Å². The second-order valence-corrected chi connectivity index (χ2v) is 5.13. The lowest BCUT2D eigenvalue weighted by molar-refractivity contribution is -0.137. The first-order chi connectivity index (χ1) is 9.97. The van der Waals surface area contributed by atoms with Crippen LogP contribution in [0.5, 0.6) is 0 Å². The molecule has 1 saturated heterocycles. The van der Waals surface area contributed by atoms with Crippen LogP contribution in [-0.2, 0) is 6.18 Å². The number of hydrogen-bond acceptors (Lipinski definition) is 3. The third-order valence-corrected chi connectivity index (χ3v) is 3.81. The number of piperidine rings is 1. The maximum absolute atomic E-state index is 13.0. The summed E-state index contributed by atoms with van der Waals surface area (Å²) in [6, 6.07) is 5.77. The zero-order valence-electron chi connectivity index (χ0n) is 12.3. The summed E-state index contributed by atoms with van der Waals surface area (Å²) in [6.45, 7) is 4.29. The lowest BCUT2D eigenvalue weighted by Crippen LogP contribution is -2.46. The van der Waals surface area contributed by atoms with Crippen molar-refractivity contribution in [3.8, 4) is 6.07 Å². The SMILES string of the molecule is CCN(c1ccc(C#N)c(C(F)(F)F)c1)C1CCCNC1.Cl. The molecular formula is C15H19ClF3N3. The van der Waals surface area contributed by atoms with Crippen molar-refractivity contribution < 1.29 is 13.2 Å². The molecule has 1 aromatic carbocycles. The number of alkyl halides is 3. The summed E-state index contributed by atoms with van der Waals surface area (Å²) >= 11 is 0. The minimum atomic E-state index is -4.51. The Kier molecular flexibility index (Phi) is 6.51. The molecule has 1 heterocycles. The van der Waals surface area contributed by atoms with E-state index in [0.29, 0.717) is 12.2 Å². The lowest BCUT2D eigenvalue weighted by atomic mass is 10.0. The maximum Gasteiger partial charge on any atom is 0.417 e. The first kappa shape index (κ1) is 18.6. The van der Waals surface area contributed by atoms with E-state index in [2.05, 4.69) is 5.32 Å².